The number of halogens is 3. The number of hydrogen-bond donors (Lipinski definition) is 0. The third kappa shape index (κ3) is 2.32. The molecule has 0 saturated heterocycles. The summed E-state index contributed by atoms with van der Waals surface area (Å²) in [6.45, 7) is 1.10. The molecule has 0 bridgehead atoms. The van der Waals surface area contributed by atoms with Crippen molar-refractivity contribution in [2.75, 3.05) is 7.11 Å². The summed E-state index contributed by atoms with van der Waals surface area (Å²) in [7, 11) is 1.10. The van der Waals surface area contributed by atoms with E-state index in [4.69, 9.17) is 0 Å². The summed E-state index contributed by atoms with van der Waals surface area (Å²) < 4.78 is 46.9. The van der Waals surface area contributed by atoms with E-state index in [9.17, 15) is 18.0 Å². The van der Waals surface area contributed by atoms with Gasteiger partial charge >= 0.3 is 5.97 Å². The summed E-state index contributed by atoms with van der Waals surface area (Å²) in [5.41, 5.74) is -2.28. The SMILES string of the molecule is COC(=O)[C@](C)(F)c1cccc2c1ccc1c(F)cc(F)cc12. The molecule has 118 valence electrons. The Bertz CT molecular complexity index is 932. The normalized spacial score (nSPS) is 14.0. The number of benzene rings is 3. The number of ether oxygens (including phenoxy) is 1. The molecule has 0 aliphatic carbocycles. The highest BCUT2D eigenvalue weighted by atomic mass is 19.1. The van der Waals surface area contributed by atoms with Crippen molar-refractivity contribution >= 4 is 27.5 Å². The maximum absolute atomic E-state index is 14.9. The van der Waals surface area contributed by atoms with Gasteiger partial charge in [-0.25, -0.2) is 18.0 Å². The number of carbonyl (C=O) groups is 1. The second-order valence-corrected chi connectivity index (χ2v) is 5.44. The van der Waals surface area contributed by atoms with Crippen LogP contribution in [0.15, 0.2) is 42.5 Å². The molecule has 1 atom stereocenters. The number of alkyl halides is 1. The molecule has 0 fully saturated rings. The smallest absolute Gasteiger partial charge is 0.348 e. The molecule has 0 amide bonds. The van der Waals surface area contributed by atoms with E-state index in [1.807, 2.05) is 0 Å². The minimum atomic E-state index is -2.37. The third-order valence-electron chi connectivity index (χ3n) is 3.98. The zero-order valence-electron chi connectivity index (χ0n) is 12.5. The fourth-order valence-corrected chi connectivity index (χ4v) is 2.83. The number of methoxy groups -OCH3 is 1. The van der Waals surface area contributed by atoms with Crippen molar-refractivity contribution in [1.29, 1.82) is 0 Å². The van der Waals surface area contributed by atoms with Gasteiger partial charge in [-0.15, -0.1) is 0 Å². The Hall–Kier alpha value is -2.56. The predicted octanol–water partition coefficient (Wildman–Crippen LogP) is 4.63. The van der Waals surface area contributed by atoms with Crippen LogP contribution in [0.3, 0.4) is 0 Å². The lowest BCUT2D eigenvalue weighted by molar-refractivity contribution is -0.154. The number of fused-ring (bicyclic) bond motifs is 3. The summed E-state index contributed by atoms with van der Waals surface area (Å²) >= 11 is 0. The Morgan fingerprint density at radius 3 is 2.39 bits per heavy atom. The first-order chi connectivity index (χ1) is 10.9. The van der Waals surface area contributed by atoms with Gasteiger partial charge in [0.25, 0.3) is 0 Å². The quantitative estimate of drug-likeness (QED) is 0.509. The highest BCUT2D eigenvalue weighted by molar-refractivity contribution is 6.09. The molecule has 0 radical (unpaired) electrons. The zero-order chi connectivity index (χ0) is 16.8. The highest BCUT2D eigenvalue weighted by Gasteiger charge is 2.37. The Kier molecular flexibility index (Phi) is 3.51. The van der Waals surface area contributed by atoms with Crippen LogP contribution < -0.4 is 0 Å². The summed E-state index contributed by atoms with van der Waals surface area (Å²) in [6, 6.07) is 9.59. The Morgan fingerprint density at radius 2 is 1.70 bits per heavy atom. The molecule has 0 saturated carbocycles. The van der Waals surface area contributed by atoms with Gasteiger partial charge in [-0.2, -0.15) is 0 Å². The topological polar surface area (TPSA) is 26.3 Å². The molecule has 0 aliphatic rings. The predicted molar refractivity (Wildman–Crippen MR) is 81.8 cm³/mol. The molecule has 5 heteroatoms. The molecule has 3 aromatic carbocycles. The minimum absolute atomic E-state index is 0.0911. The number of carbonyl (C=O) groups excluding carboxylic acids is 1. The lowest BCUT2D eigenvalue weighted by atomic mass is 9.90. The van der Waals surface area contributed by atoms with Crippen LogP contribution in [-0.2, 0) is 15.2 Å². The molecule has 0 aliphatic heterocycles. The standard InChI is InChI=1S/C18H13F3O2/c1-18(21,17(22)23-2)15-5-3-4-11-12(15)6-7-13-14(11)8-10(19)9-16(13)20/h3-9H,1-2H3/t18-/m1/s1. The molecule has 3 aromatic rings. The summed E-state index contributed by atoms with van der Waals surface area (Å²) in [5.74, 6) is -2.44. The average molecular weight is 318 g/mol. The Morgan fingerprint density at radius 1 is 1.00 bits per heavy atom. The molecular formula is C18H13F3O2. The van der Waals surface area contributed by atoms with E-state index in [0.717, 1.165) is 20.1 Å². The maximum Gasteiger partial charge on any atom is 0.348 e. The largest absolute Gasteiger partial charge is 0.466 e. The average Bonchev–Trinajstić information content (AvgIpc) is 2.52. The minimum Gasteiger partial charge on any atom is -0.466 e. The van der Waals surface area contributed by atoms with Crippen molar-refractivity contribution in [2.24, 2.45) is 0 Å². The van der Waals surface area contributed by atoms with Crippen molar-refractivity contribution in [1.82, 2.24) is 0 Å². The molecule has 0 unspecified atom stereocenters. The number of rotatable bonds is 2. The Balaban J connectivity index is 2.40. The van der Waals surface area contributed by atoms with Crippen molar-refractivity contribution in [3.05, 3.63) is 59.7 Å². The van der Waals surface area contributed by atoms with Crippen LogP contribution in [0, 0.1) is 11.6 Å². The Labute approximate surface area is 130 Å². The molecule has 2 nitrogen and oxygen atoms in total. The third-order valence-corrected chi connectivity index (χ3v) is 3.98. The van der Waals surface area contributed by atoms with E-state index in [1.165, 1.54) is 24.3 Å². The van der Waals surface area contributed by atoms with Gasteiger partial charge in [0, 0.05) is 17.0 Å². The molecular weight excluding hydrogens is 305 g/mol. The van der Waals surface area contributed by atoms with Crippen LogP contribution in [0.2, 0.25) is 0 Å². The number of esters is 1. The van der Waals surface area contributed by atoms with E-state index < -0.39 is 23.3 Å². The van der Waals surface area contributed by atoms with Gasteiger partial charge in [-0.3, -0.25) is 0 Å². The van der Waals surface area contributed by atoms with Gasteiger partial charge in [0.1, 0.15) is 11.6 Å². The molecule has 0 spiro atoms. The fraction of sp³-hybridized carbons (Fsp3) is 0.167. The van der Waals surface area contributed by atoms with E-state index in [0.29, 0.717) is 16.2 Å². The van der Waals surface area contributed by atoms with E-state index in [-0.39, 0.29) is 10.9 Å². The second kappa shape index (κ2) is 5.26. The van der Waals surface area contributed by atoms with Crippen LogP contribution in [0.25, 0.3) is 21.5 Å². The molecule has 0 heterocycles. The van der Waals surface area contributed by atoms with Gasteiger partial charge in [0.05, 0.1) is 7.11 Å². The van der Waals surface area contributed by atoms with E-state index in [2.05, 4.69) is 4.74 Å². The molecule has 0 N–H and O–H groups in total. The van der Waals surface area contributed by atoms with Crippen LogP contribution in [-0.4, -0.2) is 13.1 Å². The van der Waals surface area contributed by atoms with Gasteiger partial charge < -0.3 is 4.74 Å². The first kappa shape index (κ1) is 15.3. The van der Waals surface area contributed by atoms with Crippen molar-refractivity contribution in [2.45, 2.75) is 12.6 Å². The second-order valence-electron chi connectivity index (χ2n) is 5.44. The lowest BCUT2D eigenvalue weighted by Crippen LogP contribution is -2.28. The monoisotopic (exact) mass is 318 g/mol. The highest BCUT2D eigenvalue weighted by Crippen LogP contribution is 2.36. The summed E-state index contributed by atoms with van der Waals surface area (Å²) in [6.07, 6.45) is 0. The van der Waals surface area contributed by atoms with E-state index in [1.54, 1.807) is 12.1 Å². The van der Waals surface area contributed by atoms with Gasteiger partial charge in [-0.1, -0.05) is 30.3 Å². The van der Waals surface area contributed by atoms with Crippen LogP contribution >= 0.6 is 0 Å². The first-order valence-electron chi connectivity index (χ1n) is 6.94. The van der Waals surface area contributed by atoms with Crippen molar-refractivity contribution < 1.29 is 22.7 Å². The number of hydrogen-bond acceptors (Lipinski definition) is 2. The van der Waals surface area contributed by atoms with Gasteiger partial charge in [0.15, 0.2) is 0 Å². The van der Waals surface area contributed by atoms with Gasteiger partial charge in [-0.05, 0) is 29.1 Å². The fourth-order valence-electron chi connectivity index (χ4n) is 2.83. The van der Waals surface area contributed by atoms with Crippen LogP contribution in [0.4, 0.5) is 13.2 Å². The molecule has 0 aromatic heterocycles. The summed E-state index contributed by atoms with van der Waals surface area (Å²) in [5, 5.41) is 1.42. The van der Waals surface area contributed by atoms with Gasteiger partial charge in [0.2, 0.25) is 5.67 Å². The maximum atomic E-state index is 14.9. The van der Waals surface area contributed by atoms with Crippen molar-refractivity contribution in [3.8, 4) is 0 Å². The lowest BCUT2D eigenvalue weighted by Gasteiger charge is -2.20. The van der Waals surface area contributed by atoms with Crippen LogP contribution in [0.1, 0.15) is 12.5 Å². The van der Waals surface area contributed by atoms with Crippen molar-refractivity contribution in [3.63, 3.8) is 0 Å². The molecule has 3 rings (SSSR count). The van der Waals surface area contributed by atoms with Crippen LogP contribution in [0.5, 0.6) is 0 Å². The first-order valence-corrected chi connectivity index (χ1v) is 6.94. The zero-order valence-corrected chi connectivity index (χ0v) is 12.5. The summed E-state index contributed by atoms with van der Waals surface area (Å²) in [4.78, 5) is 11.7. The van der Waals surface area contributed by atoms with E-state index >= 15 is 0 Å². The molecule has 23 heavy (non-hydrogen) atoms.